The second kappa shape index (κ2) is 5.15. The summed E-state index contributed by atoms with van der Waals surface area (Å²) in [6.45, 7) is 2.05. The first kappa shape index (κ1) is 10.4. The van der Waals surface area contributed by atoms with Crippen LogP contribution in [0.1, 0.15) is 29.4 Å². The summed E-state index contributed by atoms with van der Waals surface area (Å²) in [6, 6.07) is 3.46. The van der Waals surface area contributed by atoms with Crippen molar-refractivity contribution in [3.05, 3.63) is 29.6 Å². The number of aromatic nitrogens is 1. The molecule has 0 unspecified atom stereocenters. The second-order valence-corrected chi connectivity index (χ2v) is 2.83. The third kappa shape index (κ3) is 3.00. The van der Waals surface area contributed by atoms with Gasteiger partial charge in [-0.25, -0.2) is 0 Å². The average Bonchev–Trinajstić information content (AvgIpc) is 2.19. The van der Waals surface area contributed by atoms with Gasteiger partial charge in [0.15, 0.2) is 5.78 Å². The molecule has 0 aliphatic carbocycles. The van der Waals surface area contributed by atoms with Crippen LogP contribution in [0.5, 0.6) is 0 Å². The fraction of sp³-hybridized carbons (Fsp3) is 0.273. The van der Waals surface area contributed by atoms with E-state index in [9.17, 15) is 4.79 Å². The number of nitrogens with zero attached hydrogens (tertiary/aromatic N) is 1. The molecule has 0 fully saturated rings. The Kier molecular flexibility index (Phi) is 3.84. The summed E-state index contributed by atoms with van der Waals surface area (Å²) in [5.74, 6) is 5.77. The van der Waals surface area contributed by atoms with Crippen molar-refractivity contribution >= 4 is 5.78 Å². The highest BCUT2D eigenvalue weighted by Gasteiger charge is 1.98. The zero-order valence-corrected chi connectivity index (χ0v) is 8.08. The first-order valence-electron chi connectivity index (χ1n) is 4.40. The van der Waals surface area contributed by atoms with Crippen LogP contribution in [0, 0.1) is 11.8 Å². The highest BCUT2D eigenvalue weighted by Crippen LogP contribution is 1.99. The SMILES string of the molecule is CC(=O)c1ccc(C#CCCN)cn1. The maximum Gasteiger partial charge on any atom is 0.178 e. The number of carbonyl (C=O) groups excluding carboxylic acids is 1. The number of hydrogen-bond donors (Lipinski definition) is 1. The van der Waals surface area contributed by atoms with Gasteiger partial charge in [-0.15, -0.1) is 0 Å². The highest BCUT2D eigenvalue weighted by molar-refractivity contribution is 5.92. The van der Waals surface area contributed by atoms with Crippen LogP contribution in [0.4, 0.5) is 0 Å². The van der Waals surface area contributed by atoms with Crippen LogP contribution in [-0.4, -0.2) is 17.3 Å². The number of Topliss-reactive ketones (excluding diaryl/α,β-unsaturated/α-hetero) is 1. The Balaban J connectivity index is 2.75. The molecular formula is C11H12N2O. The van der Waals surface area contributed by atoms with Gasteiger partial charge in [-0.3, -0.25) is 9.78 Å². The Labute approximate surface area is 83.3 Å². The van der Waals surface area contributed by atoms with Crippen molar-refractivity contribution in [2.24, 2.45) is 5.73 Å². The minimum atomic E-state index is -0.0357. The van der Waals surface area contributed by atoms with E-state index in [1.54, 1.807) is 18.3 Å². The van der Waals surface area contributed by atoms with Gasteiger partial charge in [-0.1, -0.05) is 11.8 Å². The zero-order valence-electron chi connectivity index (χ0n) is 8.08. The van der Waals surface area contributed by atoms with Crippen molar-refractivity contribution in [1.29, 1.82) is 0 Å². The summed E-state index contributed by atoms with van der Waals surface area (Å²) in [6.07, 6.45) is 2.27. The molecule has 0 atom stereocenters. The van der Waals surface area contributed by atoms with Crippen LogP contribution in [0.3, 0.4) is 0 Å². The molecule has 0 aliphatic heterocycles. The minimum absolute atomic E-state index is 0.0357. The number of nitrogens with two attached hydrogens (primary N) is 1. The van der Waals surface area contributed by atoms with Gasteiger partial charge in [0.25, 0.3) is 0 Å². The lowest BCUT2D eigenvalue weighted by Crippen LogP contribution is -1.96. The van der Waals surface area contributed by atoms with Crippen LogP contribution in [0.15, 0.2) is 18.3 Å². The molecule has 3 nitrogen and oxygen atoms in total. The lowest BCUT2D eigenvalue weighted by Gasteiger charge is -1.93. The summed E-state index contributed by atoms with van der Waals surface area (Å²) >= 11 is 0. The number of carbonyl (C=O) groups is 1. The Hall–Kier alpha value is -1.66. The predicted molar refractivity (Wildman–Crippen MR) is 54.8 cm³/mol. The number of rotatable bonds is 2. The van der Waals surface area contributed by atoms with E-state index in [0.717, 1.165) is 5.56 Å². The summed E-state index contributed by atoms with van der Waals surface area (Å²) < 4.78 is 0. The van der Waals surface area contributed by atoms with Crippen LogP contribution in [-0.2, 0) is 0 Å². The monoisotopic (exact) mass is 188 g/mol. The van der Waals surface area contributed by atoms with Crippen LogP contribution < -0.4 is 5.73 Å². The molecule has 0 aromatic carbocycles. The van der Waals surface area contributed by atoms with Crippen molar-refractivity contribution < 1.29 is 4.79 Å². The van der Waals surface area contributed by atoms with Crippen molar-refractivity contribution in [1.82, 2.24) is 4.98 Å². The molecule has 0 spiro atoms. The lowest BCUT2D eigenvalue weighted by atomic mass is 10.2. The maximum absolute atomic E-state index is 10.9. The van der Waals surface area contributed by atoms with Crippen LogP contribution in [0.25, 0.3) is 0 Å². The molecule has 0 saturated carbocycles. The predicted octanol–water partition coefficient (Wildman–Crippen LogP) is 0.985. The van der Waals surface area contributed by atoms with E-state index in [4.69, 9.17) is 5.73 Å². The Morgan fingerprint density at radius 1 is 1.57 bits per heavy atom. The van der Waals surface area contributed by atoms with Gasteiger partial charge in [-0.2, -0.15) is 0 Å². The molecule has 1 aromatic rings. The fourth-order valence-electron chi connectivity index (χ4n) is 0.913. The quantitative estimate of drug-likeness (QED) is 0.556. The molecule has 0 saturated heterocycles. The van der Waals surface area contributed by atoms with Gasteiger partial charge < -0.3 is 5.73 Å². The third-order valence-electron chi connectivity index (χ3n) is 1.63. The van der Waals surface area contributed by atoms with E-state index >= 15 is 0 Å². The van der Waals surface area contributed by atoms with Crippen molar-refractivity contribution in [2.75, 3.05) is 6.54 Å². The largest absolute Gasteiger partial charge is 0.330 e. The standard InChI is InChI=1S/C11H12N2O/c1-9(14)11-6-5-10(8-13-11)4-2-3-7-12/h5-6,8H,3,7,12H2,1H3. The normalized spacial score (nSPS) is 9.00. The van der Waals surface area contributed by atoms with Gasteiger partial charge >= 0.3 is 0 Å². The first-order chi connectivity index (χ1) is 6.74. The molecule has 1 rings (SSSR count). The Morgan fingerprint density at radius 2 is 2.36 bits per heavy atom. The van der Waals surface area contributed by atoms with E-state index in [2.05, 4.69) is 16.8 Å². The third-order valence-corrected chi connectivity index (χ3v) is 1.63. The van der Waals surface area contributed by atoms with E-state index in [-0.39, 0.29) is 5.78 Å². The maximum atomic E-state index is 10.9. The van der Waals surface area contributed by atoms with Crippen molar-refractivity contribution in [3.63, 3.8) is 0 Å². The second-order valence-electron chi connectivity index (χ2n) is 2.83. The minimum Gasteiger partial charge on any atom is -0.330 e. The molecule has 14 heavy (non-hydrogen) atoms. The molecule has 1 aromatic heterocycles. The average molecular weight is 188 g/mol. The fourth-order valence-corrected chi connectivity index (χ4v) is 0.913. The smallest absolute Gasteiger partial charge is 0.178 e. The number of hydrogen-bond acceptors (Lipinski definition) is 3. The Morgan fingerprint density at radius 3 is 2.86 bits per heavy atom. The first-order valence-corrected chi connectivity index (χ1v) is 4.40. The van der Waals surface area contributed by atoms with Gasteiger partial charge in [0.1, 0.15) is 5.69 Å². The topological polar surface area (TPSA) is 56.0 Å². The van der Waals surface area contributed by atoms with E-state index in [0.29, 0.717) is 18.7 Å². The molecule has 0 radical (unpaired) electrons. The zero-order chi connectivity index (χ0) is 10.4. The van der Waals surface area contributed by atoms with Gasteiger partial charge in [0, 0.05) is 31.6 Å². The molecule has 0 amide bonds. The molecule has 0 bridgehead atoms. The van der Waals surface area contributed by atoms with E-state index in [1.165, 1.54) is 6.92 Å². The van der Waals surface area contributed by atoms with E-state index in [1.807, 2.05) is 0 Å². The molecule has 0 aliphatic rings. The van der Waals surface area contributed by atoms with Gasteiger partial charge in [-0.05, 0) is 12.1 Å². The summed E-state index contributed by atoms with van der Waals surface area (Å²) in [4.78, 5) is 14.9. The number of ketones is 1. The molecular weight excluding hydrogens is 176 g/mol. The lowest BCUT2D eigenvalue weighted by molar-refractivity contribution is 0.101. The molecule has 2 N–H and O–H groups in total. The molecule has 3 heteroatoms. The Bertz CT molecular complexity index is 371. The number of pyridine rings is 1. The molecule has 1 heterocycles. The summed E-state index contributed by atoms with van der Waals surface area (Å²) in [5.41, 5.74) is 6.57. The van der Waals surface area contributed by atoms with E-state index < -0.39 is 0 Å². The summed E-state index contributed by atoms with van der Waals surface area (Å²) in [5, 5.41) is 0. The highest BCUT2D eigenvalue weighted by atomic mass is 16.1. The molecule has 72 valence electrons. The van der Waals surface area contributed by atoms with Crippen LogP contribution >= 0.6 is 0 Å². The van der Waals surface area contributed by atoms with Crippen LogP contribution in [0.2, 0.25) is 0 Å². The van der Waals surface area contributed by atoms with Crippen molar-refractivity contribution in [2.45, 2.75) is 13.3 Å². The van der Waals surface area contributed by atoms with Gasteiger partial charge in [0.05, 0.1) is 0 Å². The summed E-state index contributed by atoms with van der Waals surface area (Å²) in [7, 11) is 0. The van der Waals surface area contributed by atoms with Crippen molar-refractivity contribution in [3.8, 4) is 11.8 Å². The van der Waals surface area contributed by atoms with Gasteiger partial charge in [0.2, 0.25) is 0 Å².